The van der Waals surface area contributed by atoms with Gasteiger partial charge in [-0.1, -0.05) is 12.1 Å². The zero-order valence-electron chi connectivity index (χ0n) is 11.2. The molecule has 1 aliphatic carbocycles. The molecule has 1 saturated carbocycles. The van der Waals surface area contributed by atoms with Crippen molar-refractivity contribution >= 4 is 11.6 Å². The Morgan fingerprint density at radius 3 is 2.65 bits per heavy atom. The van der Waals surface area contributed by atoms with Crippen LogP contribution in [0.3, 0.4) is 0 Å². The highest BCUT2D eigenvalue weighted by Gasteiger charge is 2.61. The van der Waals surface area contributed by atoms with Gasteiger partial charge in [-0.15, -0.1) is 0 Å². The fourth-order valence-corrected chi connectivity index (χ4v) is 2.09. The van der Waals surface area contributed by atoms with Gasteiger partial charge in [0.25, 0.3) is 5.91 Å². The van der Waals surface area contributed by atoms with Crippen molar-refractivity contribution in [3.8, 4) is 5.75 Å². The number of carbonyl (C=O) groups excluding carboxylic acids is 1. The summed E-state index contributed by atoms with van der Waals surface area (Å²) in [6.45, 7) is 2.11. The molecule has 0 heterocycles. The third-order valence-corrected chi connectivity index (χ3v) is 3.49. The fraction of sp³-hybridized carbons (Fsp3) is 0.500. The number of halogens is 2. The monoisotopic (exact) mass is 285 g/mol. The third kappa shape index (κ3) is 2.47. The zero-order chi connectivity index (χ0) is 14.8. The Labute approximate surface area is 115 Å². The molecule has 0 bridgehead atoms. The van der Waals surface area contributed by atoms with Crippen LogP contribution in [0.1, 0.15) is 26.2 Å². The van der Waals surface area contributed by atoms with Crippen LogP contribution in [-0.2, 0) is 4.79 Å². The van der Waals surface area contributed by atoms with E-state index in [9.17, 15) is 18.7 Å². The quantitative estimate of drug-likeness (QED) is 0.874. The summed E-state index contributed by atoms with van der Waals surface area (Å²) in [6.07, 6.45) is 0.357. The molecule has 1 aromatic carbocycles. The van der Waals surface area contributed by atoms with Crippen molar-refractivity contribution < 1.29 is 23.4 Å². The minimum Gasteiger partial charge on any atom is -0.492 e. The van der Waals surface area contributed by atoms with Gasteiger partial charge >= 0.3 is 5.92 Å². The second-order valence-corrected chi connectivity index (χ2v) is 4.84. The summed E-state index contributed by atoms with van der Waals surface area (Å²) in [6, 6.07) is 6.34. The van der Waals surface area contributed by atoms with Crippen LogP contribution in [0.4, 0.5) is 14.5 Å². The third-order valence-electron chi connectivity index (χ3n) is 3.49. The van der Waals surface area contributed by atoms with E-state index in [2.05, 4.69) is 5.32 Å². The van der Waals surface area contributed by atoms with Crippen molar-refractivity contribution in [3.63, 3.8) is 0 Å². The molecule has 4 nitrogen and oxygen atoms in total. The molecule has 6 heteroatoms. The average molecular weight is 285 g/mol. The Hall–Kier alpha value is -1.69. The number of para-hydroxylation sites is 2. The summed E-state index contributed by atoms with van der Waals surface area (Å²) in [7, 11) is 0. The minimum absolute atomic E-state index is 0.0689. The Balaban J connectivity index is 2.15. The van der Waals surface area contributed by atoms with E-state index < -0.39 is 17.4 Å². The van der Waals surface area contributed by atoms with Crippen molar-refractivity contribution in [1.29, 1.82) is 0 Å². The molecule has 0 saturated heterocycles. The van der Waals surface area contributed by atoms with Crippen LogP contribution in [0, 0.1) is 0 Å². The molecule has 0 unspecified atom stereocenters. The number of hydrogen-bond donors (Lipinski definition) is 2. The Bertz CT molecular complexity index is 501. The molecule has 0 aromatic heterocycles. The number of carbonyl (C=O) groups is 1. The van der Waals surface area contributed by atoms with E-state index in [1.165, 1.54) is 6.07 Å². The average Bonchev–Trinajstić information content (AvgIpc) is 2.38. The van der Waals surface area contributed by atoms with Gasteiger partial charge < -0.3 is 15.2 Å². The van der Waals surface area contributed by atoms with Crippen LogP contribution in [0.15, 0.2) is 24.3 Å². The molecular weight excluding hydrogens is 268 g/mol. The van der Waals surface area contributed by atoms with Crippen LogP contribution < -0.4 is 10.1 Å². The summed E-state index contributed by atoms with van der Waals surface area (Å²) in [4.78, 5) is 11.8. The standard InChI is InChI=1S/C14H17F2NO3/c1-2-20-11-7-4-3-6-10(11)17-12(18)14(15,16)13(19)8-5-9-13/h3-4,6-7,19H,2,5,8-9H2,1H3,(H,17,18). The van der Waals surface area contributed by atoms with Crippen molar-refractivity contribution in [2.24, 2.45) is 0 Å². The first kappa shape index (κ1) is 14.7. The molecule has 0 radical (unpaired) electrons. The van der Waals surface area contributed by atoms with Gasteiger partial charge in [-0.3, -0.25) is 4.79 Å². The first-order valence-corrected chi connectivity index (χ1v) is 6.54. The first-order valence-electron chi connectivity index (χ1n) is 6.54. The number of rotatable bonds is 5. The molecule has 1 fully saturated rings. The lowest BCUT2D eigenvalue weighted by Crippen LogP contribution is -2.59. The second kappa shape index (κ2) is 5.36. The predicted molar refractivity (Wildman–Crippen MR) is 70.0 cm³/mol. The summed E-state index contributed by atoms with van der Waals surface area (Å²) in [5.74, 6) is -5.00. The van der Waals surface area contributed by atoms with E-state index in [1.807, 2.05) is 0 Å². The van der Waals surface area contributed by atoms with E-state index in [0.29, 0.717) is 18.8 Å². The van der Waals surface area contributed by atoms with Crippen molar-refractivity contribution in [2.75, 3.05) is 11.9 Å². The molecular formula is C14H17F2NO3. The maximum atomic E-state index is 13.9. The molecule has 2 rings (SSSR count). The van der Waals surface area contributed by atoms with Gasteiger partial charge in [0.15, 0.2) is 0 Å². The molecule has 2 N–H and O–H groups in total. The van der Waals surface area contributed by atoms with Crippen LogP contribution in [-0.4, -0.2) is 29.1 Å². The number of nitrogens with one attached hydrogen (secondary N) is 1. The molecule has 1 aromatic rings. The highest BCUT2D eigenvalue weighted by atomic mass is 19.3. The lowest BCUT2D eigenvalue weighted by atomic mass is 9.75. The van der Waals surface area contributed by atoms with Crippen LogP contribution in [0.5, 0.6) is 5.75 Å². The van der Waals surface area contributed by atoms with Crippen LogP contribution in [0.2, 0.25) is 0 Å². The van der Waals surface area contributed by atoms with Crippen LogP contribution in [0.25, 0.3) is 0 Å². The molecule has 1 amide bonds. The number of benzene rings is 1. The zero-order valence-corrected chi connectivity index (χ0v) is 11.2. The summed E-state index contributed by atoms with van der Waals surface area (Å²) in [5, 5.41) is 11.9. The lowest BCUT2D eigenvalue weighted by Gasteiger charge is -2.41. The van der Waals surface area contributed by atoms with Gasteiger partial charge in [0.05, 0.1) is 12.3 Å². The topological polar surface area (TPSA) is 58.6 Å². The smallest absolute Gasteiger partial charge is 0.352 e. The van der Waals surface area contributed by atoms with E-state index in [4.69, 9.17) is 4.74 Å². The van der Waals surface area contributed by atoms with Crippen LogP contribution >= 0.6 is 0 Å². The van der Waals surface area contributed by atoms with Gasteiger partial charge in [-0.2, -0.15) is 8.78 Å². The number of anilines is 1. The summed E-state index contributed by atoms with van der Waals surface area (Å²) in [5.41, 5.74) is -2.06. The van der Waals surface area contributed by atoms with E-state index >= 15 is 0 Å². The lowest BCUT2D eigenvalue weighted by molar-refractivity contribution is -0.212. The van der Waals surface area contributed by atoms with Gasteiger partial charge in [-0.25, -0.2) is 0 Å². The number of ether oxygens (including phenoxy) is 1. The Kier molecular flexibility index (Phi) is 3.94. The van der Waals surface area contributed by atoms with E-state index in [0.717, 1.165) is 0 Å². The van der Waals surface area contributed by atoms with Crippen molar-refractivity contribution in [3.05, 3.63) is 24.3 Å². The Morgan fingerprint density at radius 1 is 1.45 bits per heavy atom. The molecule has 0 spiro atoms. The predicted octanol–water partition coefficient (Wildman–Crippen LogP) is 2.57. The molecule has 20 heavy (non-hydrogen) atoms. The summed E-state index contributed by atoms with van der Waals surface area (Å²) < 4.78 is 33.1. The Morgan fingerprint density at radius 2 is 2.10 bits per heavy atom. The molecule has 0 aliphatic heterocycles. The number of aliphatic hydroxyl groups is 1. The summed E-state index contributed by atoms with van der Waals surface area (Å²) >= 11 is 0. The number of alkyl halides is 2. The largest absolute Gasteiger partial charge is 0.492 e. The maximum Gasteiger partial charge on any atom is 0.352 e. The normalized spacial score (nSPS) is 17.2. The molecule has 1 aliphatic rings. The van der Waals surface area contributed by atoms with Crippen molar-refractivity contribution in [1.82, 2.24) is 0 Å². The van der Waals surface area contributed by atoms with E-state index in [1.54, 1.807) is 25.1 Å². The number of hydrogen-bond acceptors (Lipinski definition) is 3. The first-order chi connectivity index (χ1) is 9.40. The molecule has 0 atom stereocenters. The van der Waals surface area contributed by atoms with Gasteiger partial charge in [0.1, 0.15) is 11.4 Å². The second-order valence-electron chi connectivity index (χ2n) is 4.84. The fourth-order valence-electron chi connectivity index (χ4n) is 2.09. The van der Waals surface area contributed by atoms with Gasteiger partial charge in [0, 0.05) is 0 Å². The van der Waals surface area contributed by atoms with Gasteiger partial charge in [0.2, 0.25) is 0 Å². The van der Waals surface area contributed by atoms with E-state index in [-0.39, 0.29) is 18.5 Å². The SMILES string of the molecule is CCOc1ccccc1NC(=O)C(F)(F)C1(O)CCC1. The van der Waals surface area contributed by atoms with Crippen molar-refractivity contribution in [2.45, 2.75) is 37.7 Å². The minimum atomic E-state index is -3.81. The highest BCUT2D eigenvalue weighted by molar-refractivity contribution is 5.98. The molecule has 110 valence electrons. The van der Waals surface area contributed by atoms with Gasteiger partial charge in [-0.05, 0) is 38.3 Å². The maximum absolute atomic E-state index is 13.9. The highest BCUT2D eigenvalue weighted by Crippen LogP contribution is 2.44. The number of amides is 1.